The van der Waals surface area contributed by atoms with E-state index in [-0.39, 0.29) is 16.6 Å². The Hall–Kier alpha value is -1.69. The molecule has 1 aromatic carbocycles. The van der Waals surface area contributed by atoms with E-state index in [2.05, 4.69) is 15.5 Å². The van der Waals surface area contributed by atoms with Crippen LogP contribution in [0.4, 0.5) is 0 Å². The summed E-state index contributed by atoms with van der Waals surface area (Å²) < 4.78 is 1.74. The Labute approximate surface area is 122 Å². The highest BCUT2D eigenvalue weighted by atomic mass is 32.2. The van der Waals surface area contributed by atoms with Gasteiger partial charge in [0.15, 0.2) is 5.78 Å². The second kappa shape index (κ2) is 5.75. The molecule has 0 aliphatic carbocycles. The largest absolute Gasteiger partial charge is 0.293 e. The van der Waals surface area contributed by atoms with E-state index >= 15 is 0 Å². The van der Waals surface area contributed by atoms with Crippen LogP contribution in [0.15, 0.2) is 35.5 Å². The fraction of sp³-hybridized carbons (Fsp3) is 0.429. The number of ketones is 1. The second-order valence-electron chi connectivity index (χ2n) is 5.53. The molecule has 1 heterocycles. The SMILES string of the molecule is CC(Sc1nnnn1C(C)(C)C)C(=O)c1ccccc1. The Morgan fingerprint density at radius 3 is 2.50 bits per heavy atom. The van der Waals surface area contributed by atoms with Gasteiger partial charge in [-0.05, 0) is 38.1 Å². The highest BCUT2D eigenvalue weighted by Gasteiger charge is 2.24. The minimum Gasteiger partial charge on any atom is -0.293 e. The van der Waals surface area contributed by atoms with Gasteiger partial charge in [-0.1, -0.05) is 42.1 Å². The van der Waals surface area contributed by atoms with Gasteiger partial charge in [0.1, 0.15) is 0 Å². The van der Waals surface area contributed by atoms with Crippen LogP contribution in [0, 0.1) is 0 Å². The molecule has 0 radical (unpaired) electrons. The number of nitrogens with zero attached hydrogens (tertiary/aromatic N) is 4. The van der Waals surface area contributed by atoms with Crippen molar-refractivity contribution in [3.63, 3.8) is 0 Å². The molecular formula is C14H18N4OS. The van der Waals surface area contributed by atoms with Gasteiger partial charge in [-0.15, -0.1) is 5.10 Å². The number of tetrazole rings is 1. The number of carbonyl (C=O) groups is 1. The van der Waals surface area contributed by atoms with Crippen molar-refractivity contribution in [1.29, 1.82) is 0 Å². The Morgan fingerprint density at radius 2 is 1.90 bits per heavy atom. The number of hydrogen-bond donors (Lipinski definition) is 0. The van der Waals surface area contributed by atoms with Gasteiger partial charge in [0.05, 0.1) is 10.8 Å². The lowest BCUT2D eigenvalue weighted by Gasteiger charge is -2.20. The predicted molar refractivity (Wildman–Crippen MR) is 78.9 cm³/mol. The maximum atomic E-state index is 12.3. The summed E-state index contributed by atoms with van der Waals surface area (Å²) in [6.45, 7) is 7.95. The van der Waals surface area contributed by atoms with Crippen molar-refractivity contribution in [3.05, 3.63) is 35.9 Å². The van der Waals surface area contributed by atoms with E-state index in [0.29, 0.717) is 10.7 Å². The summed E-state index contributed by atoms with van der Waals surface area (Å²) in [6, 6.07) is 9.28. The summed E-state index contributed by atoms with van der Waals surface area (Å²) in [5, 5.41) is 12.1. The van der Waals surface area contributed by atoms with Crippen LogP contribution in [0.2, 0.25) is 0 Å². The van der Waals surface area contributed by atoms with Crippen molar-refractivity contribution in [2.45, 2.75) is 43.6 Å². The zero-order chi connectivity index (χ0) is 14.8. The molecule has 0 amide bonds. The molecule has 2 rings (SSSR count). The summed E-state index contributed by atoms with van der Waals surface area (Å²) in [7, 11) is 0. The van der Waals surface area contributed by atoms with Crippen molar-refractivity contribution < 1.29 is 4.79 Å². The molecule has 0 spiro atoms. The summed E-state index contributed by atoms with van der Waals surface area (Å²) in [5.41, 5.74) is 0.503. The smallest absolute Gasteiger partial charge is 0.210 e. The first kappa shape index (κ1) is 14.7. The minimum atomic E-state index is -0.232. The van der Waals surface area contributed by atoms with Gasteiger partial charge >= 0.3 is 0 Å². The van der Waals surface area contributed by atoms with Crippen LogP contribution in [0.25, 0.3) is 0 Å². The maximum Gasteiger partial charge on any atom is 0.210 e. The summed E-state index contributed by atoms with van der Waals surface area (Å²) in [6.07, 6.45) is 0. The maximum absolute atomic E-state index is 12.3. The molecular weight excluding hydrogens is 272 g/mol. The van der Waals surface area contributed by atoms with E-state index in [4.69, 9.17) is 0 Å². The number of carbonyl (C=O) groups excluding carboxylic acids is 1. The zero-order valence-corrected chi connectivity index (χ0v) is 12.9. The lowest BCUT2D eigenvalue weighted by molar-refractivity contribution is 0.0993. The topological polar surface area (TPSA) is 60.7 Å². The molecule has 5 nitrogen and oxygen atoms in total. The third-order valence-corrected chi connectivity index (χ3v) is 3.82. The van der Waals surface area contributed by atoms with Crippen LogP contribution in [0.5, 0.6) is 0 Å². The normalized spacial score (nSPS) is 13.2. The molecule has 1 atom stereocenters. The number of aromatic nitrogens is 4. The molecule has 0 aliphatic rings. The van der Waals surface area contributed by atoms with Crippen LogP contribution in [-0.4, -0.2) is 31.2 Å². The Kier molecular flexibility index (Phi) is 4.23. The van der Waals surface area contributed by atoms with Crippen molar-refractivity contribution in [1.82, 2.24) is 20.2 Å². The molecule has 2 aromatic rings. The fourth-order valence-electron chi connectivity index (χ4n) is 1.72. The molecule has 0 aliphatic heterocycles. The van der Waals surface area contributed by atoms with Gasteiger partial charge in [-0.3, -0.25) is 4.79 Å². The first-order valence-electron chi connectivity index (χ1n) is 6.44. The van der Waals surface area contributed by atoms with Gasteiger partial charge in [0, 0.05) is 5.56 Å². The minimum absolute atomic E-state index is 0.0825. The molecule has 6 heteroatoms. The standard InChI is InChI=1S/C14H18N4OS/c1-10(12(19)11-8-6-5-7-9-11)20-13-15-16-17-18(13)14(2,3)4/h5-10H,1-4H3. The average Bonchev–Trinajstić information content (AvgIpc) is 2.87. The fourth-order valence-corrected chi connectivity index (χ4v) is 2.78. The molecule has 0 saturated carbocycles. The number of Topliss-reactive ketones (excluding diaryl/α,β-unsaturated/α-hetero) is 1. The van der Waals surface area contributed by atoms with Crippen LogP contribution in [0.3, 0.4) is 0 Å². The molecule has 0 saturated heterocycles. The van der Waals surface area contributed by atoms with Gasteiger partial charge in [-0.2, -0.15) is 0 Å². The number of rotatable bonds is 4. The Bertz CT molecular complexity index is 589. The van der Waals surface area contributed by atoms with E-state index in [0.717, 1.165) is 0 Å². The van der Waals surface area contributed by atoms with Crippen molar-refractivity contribution >= 4 is 17.5 Å². The van der Waals surface area contributed by atoms with E-state index in [1.807, 2.05) is 58.0 Å². The lowest BCUT2D eigenvalue weighted by atomic mass is 10.1. The van der Waals surface area contributed by atoms with Crippen LogP contribution >= 0.6 is 11.8 Å². The second-order valence-corrected chi connectivity index (χ2v) is 6.84. The third kappa shape index (κ3) is 3.25. The first-order valence-corrected chi connectivity index (χ1v) is 7.32. The summed E-state index contributed by atoms with van der Waals surface area (Å²) in [4.78, 5) is 12.3. The molecule has 1 aromatic heterocycles. The molecule has 1 unspecified atom stereocenters. The highest BCUT2D eigenvalue weighted by Crippen LogP contribution is 2.26. The quantitative estimate of drug-likeness (QED) is 0.640. The van der Waals surface area contributed by atoms with Crippen molar-refractivity contribution in [2.24, 2.45) is 0 Å². The van der Waals surface area contributed by atoms with Crippen LogP contribution in [0.1, 0.15) is 38.1 Å². The van der Waals surface area contributed by atoms with E-state index < -0.39 is 0 Å². The average molecular weight is 290 g/mol. The number of benzene rings is 1. The van der Waals surface area contributed by atoms with Crippen molar-refractivity contribution in [2.75, 3.05) is 0 Å². The Balaban J connectivity index is 2.15. The van der Waals surface area contributed by atoms with Crippen molar-refractivity contribution in [3.8, 4) is 0 Å². The van der Waals surface area contributed by atoms with Crippen LogP contribution < -0.4 is 0 Å². The summed E-state index contributed by atoms with van der Waals surface area (Å²) in [5.74, 6) is 0.0825. The van der Waals surface area contributed by atoms with Gasteiger partial charge in [0.2, 0.25) is 5.16 Å². The van der Waals surface area contributed by atoms with E-state index in [1.165, 1.54) is 11.8 Å². The molecule has 0 bridgehead atoms. The lowest BCUT2D eigenvalue weighted by Crippen LogP contribution is -2.25. The monoisotopic (exact) mass is 290 g/mol. The van der Waals surface area contributed by atoms with Gasteiger partial charge in [0.25, 0.3) is 0 Å². The zero-order valence-electron chi connectivity index (χ0n) is 12.1. The van der Waals surface area contributed by atoms with E-state index in [9.17, 15) is 4.79 Å². The molecule has 0 N–H and O–H groups in total. The Morgan fingerprint density at radius 1 is 1.25 bits per heavy atom. The summed E-state index contributed by atoms with van der Waals surface area (Å²) >= 11 is 1.38. The van der Waals surface area contributed by atoms with E-state index in [1.54, 1.807) is 4.68 Å². The van der Waals surface area contributed by atoms with Gasteiger partial charge < -0.3 is 0 Å². The number of hydrogen-bond acceptors (Lipinski definition) is 5. The highest BCUT2D eigenvalue weighted by molar-refractivity contribution is 8.00. The van der Waals surface area contributed by atoms with Gasteiger partial charge in [-0.25, -0.2) is 4.68 Å². The molecule has 0 fully saturated rings. The van der Waals surface area contributed by atoms with Crippen LogP contribution in [-0.2, 0) is 5.54 Å². The third-order valence-electron chi connectivity index (χ3n) is 2.79. The predicted octanol–water partition coefficient (Wildman–Crippen LogP) is 2.79. The number of thioether (sulfide) groups is 1. The molecule has 106 valence electrons. The molecule has 20 heavy (non-hydrogen) atoms. The first-order chi connectivity index (χ1) is 9.39.